The van der Waals surface area contributed by atoms with Gasteiger partial charge in [0.15, 0.2) is 0 Å². The van der Waals surface area contributed by atoms with Gasteiger partial charge >= 0.3 is 12.2 Å². The molecule has 2 aliphatic rings. The monoisotopic (exact) mass is 575 g/mol. The summed E-state index contributed by atoms with van der Waals surface area (Å²) >= 11 is 0. The molecule has 0 radical (unpaired) electrons. The minimum atomic E-state index is -3.96. The van der Waals surface area contributed by atoms with E-state index in [1.54, 1.807) is 12.1 Å². The zero-order chi connectivity index (χ0) is 28.9. The second kappa shape index (κ2) is 12.9. The summed E-state index contributed by atoms with van der Waals surface area (Å²) < 4.78 is 44.3. The van der Waals surface area contributed by atoms with Crippen molar-refractivity contribution in [3.8, 4) is 5.75 Å². The van der Waals surface area contributed by atoms with Crippen molar-refractivity contribution >= 4 is 22.2 Å². The number of amides is 2. The van der Waals surface area contributed by atoms with Gasteiger partial charge in [-0.25, -0.2) is 18.0 Å². The summed E-state index contributed by atoms with van der Waals surface area (Å²) in [4.78, 5) is 24.4. The number of fused-ring (bicyclic) bond motifs is 1. The predicted octanol–water partition coefficient (Wildman–Crippen LogP) is 2.68. The van der Waals surface area contributed by atoms with E-state index in [0.717, 1.165) is 5.56 Å². The van der Waals surface area contributed by atoms with Crippen molar-refractivity contribution in [2.75, 3.05) is 20.2 Å². The number of hydrogen-bond donors (Lipinski definition) is 3. The number of aliphatic hydroxyl groups is 1. The van der Waals surface area contributed by atoms with Crippen molar-refractivity contribution in [3.05, 3.63) is 60.2 Å². The molecule has 0 spiro atoms. The van der Waals surface area contributed by atoms with E-state index in [4.69, 9.17) is 14.2 Å². The summed E-state index contributed by atoms with van der Waals surface area (Å²) in [7, 11) is -2.46. The first-order chi connectivity index (χ1) is 19.0. The highest BCUT2D eigenvalue weighted by Gasteiger charge is 2.44. The number of alkyl carbamates (subject to hydrolysis) is 2. The highest BCUT2D eigenvalue weighted by atomic mass is 32.2. The first kappa shape index (κ1) is 29.6. The maximum atomic E-state index is 13.6. The molecule has 1 aliphatic carbocycles. The van der Waals surface area contributed by atoms with E-state index in [-0.39, 0.29) is 42.5 Å². The fourth-order valence-electron chi connectivity index (χ4n) is 5.05. The summed E-state index contributed by atoms with van der Waals surface area (Å²) in [6, 6.07) is 14.3. The van der Waals surface area contributed by atoms with Gasteiger partial charge in [-0.05, 0) is 42.2 Å². The lowest BCUT2D eigenvalue weighted by molar-refractivity contribution is 0.0646. The van der Waals surface area contributed by atoms with E-state index in [1.165, 1.54) is 23.5 Å². The SMILES string of the molecule is COc1ccc(S(=O)(=O)N(CC(C)C)C[C@@H](O)[C@H](Cc2ccccc2)NC(=O)O[C@@H]2C[C@@H]3OC(=O)N[C@@H]3C2)cc1. The molecular weight excluding hydrogens is 538 g/mol. The van der Waals surface area contributed by atoms with Gasteiger partial charge in [0.05, 0.1) is 30.2 Å². The standard InChI is InChI=1S/C28H37N3O8S/c1-18(2)16-31(40(35,36)22-11-9-20(37-3)10-12-22)17-25(32)23(13-19-7-5-4-6-8-19)29-27(33)38-21-14-24-26(15-21)39-28(34)30-24/h4-12,18,21,23-26,32H,13-17H2,1-3H3,(H,29,33)(H,30,34)/t21-,23-,24+,25+,26-/m0/s1. The second-order valence-corrected chi connectivity index (χ2v) is 12.5. The number of rotatable bonds is 12. The van der Waals surface area contributed by atoms with Crippen molar-refractivity contribution < 1.29 is 37.3 Å². The fourth-order valence-corrected chi connectivity index (χ4v) is 6.68. The summed E-state index contributed by atoms with van der Waals surface area (Å²) in [5.41, 5.74) is 0.854. The van der Waals surface area contributed by atoms with Gasteiger partial charge in [0.1, 0.15) is 18.0 Å². The molecule has 0 bridgehead atoms. The smallest absolute Gasteiger partial charge is 0.407 e. The Morgan fingerprint density at radius 2 is 1.82 bits per heavy atom. The van der Waals surface area contributed by atoms with E-state index in [9.17, 15) is 23.1 Å². The van der Waals surface area contributed by atoms with Crippen molar-refractivity contribution in [2.45, 2.75) is 68.4 Å². The summed E-state index contributed by atoms with van der Waals surface area (Å²) in [5.74, 6) is 0.509. The van der Waals surface area contributed by atoms with E-state index in [0.29, 0.717) is 18.6 Å². The van der Waals surface area contributed by atoms with Gasteiger partial charge in [-0.3, -0.25) is 0 Å². The van der Waals surface area contributed by atoms with Crippen LogP contribution in [0.5, 0.6) is 5.75 Å². The largest absolute Gasteiger partial charge is 0.497 e. The molecule has 2 fully saturated rings. The van der Waals surface area contributed by atoms with Gasteiger partial charge in [0, 0.05) is 25.9 Å². The van der Waals surface area contributed by atoms with Crippen molar-refractivity contribution in [1.29, 1.82) is 0 Å². The van der Waals surface area contributed by atoms with Crippen LogP contribution in [0.4, 0.5) is 9.59 Å². The quantitative estimate of drug-likeness (QED) is 0.351. The van der Waals surface area contributed by atoms with Crippen LogP contribution in [0.3, 0.4) is 0 Å². The lowest BCUT2D eigenvalue weighted by atomic mass is 10.0. The van der Waals surface area contributed by atoms with Crippen LogP contribution < -0.4 is 15.4 Å². The summed E-state index contributed by atoms with van der Waals surface area (Å²) in [6.45, 7) is 3.72. The van der Waals surface area contributed by atoms with E-state index < -0.39 is 40.5 Å². The highest BCUT2D eigenvalue weighted by molar-refractivity contribution is 7.89. The Morgan fingerprint density at radius 3 is 2.45 bits per heavy atom. The molecule has 2 amide bonds. The topological polar surface area (TPSA) is 144 Å². The Balaban J connectivity index is 1.48. The molecule has 0 unspecified atom stereocenters. The fraction of sp³-hybridized carbons (Fsp3) is 0.500. The number of hydrogen-bond acceptors (Lipinski definition) is 8. The number of ether oxygens (including phenoxy) is 3. The third-order valence-corrected chi connectivity index (χ3v) is 8.86. The Kier molecular flexibility index (Phi) is 9.54. The van der Waals surface area contributed by atoms with Crippen LogP contribution >= 0.6 is 0 Å². The van der Waals surface area contributed by atoms with Gasteiger partial charge in [0.25, 0.3) is 0 Å². The van der Waals surface area contributed by atoms with Crippen molar-refractivity contribution in [2.24, 2.45) is 5.92 Å². The molecule has 1 heterocycles. The number of nitrogens with zero attached hydrogens (tertiary/aromatic N) is 1. The third kappa shape index (κ3) is 7.43. The first-order valence-corrected chi connectivity index (χ1v) is 14.8. The van der Waals surface area contributed by atoms with Crippen LogP contribution in [-0.4, -0.2) is 80.6 Å². The number of carbonyl (C=O) groups is 2. The number of carbonyl (C=O) groups excluding carboxylic acids is 2. The van der Waals surface area contributed by atoms with Gasteiger partial charge < -0.3 is 30.0 Å². The summed E-state index contributed by atoms with van der Waals surface area (Å²) in [6.07, 6.45) is -2.19. The molecule has 11 nitrogen and oxygen atoms in total. The summed E-state index contributed by atoms with van der Waals surface area (Å²) in [5, 5.41) is 16.8. The molecule has 1 aliphatic heterocycles. The maximum Gasteiger partial charge on any atom is 0.407 e. The number of sulfonamides is 1. The molecule has 1 saturated carbocycles. The average Bonchev–Trinajstić information content (AvgIpc) is 3.44. The van der Waals surface area contributed by atoms with Gasteiger partial charge in [0.2, 0.25) is 10.0 Å². The molecule has 12 heteroatoms. The Labute approximate surface area is 234 Å². The lowest BCUT2D eigenvalue weighted by Crippen LogP contribution is -2.51. The van der Waals surface area contributed by atoms with Gasteiger partial charge in [-0.15, -0.1) is 0 Å². The van der Waals surface area contributed by atoms with E-state index in [1.807, 2.05) is 44.2 Å². The Bertz CT molecular complexity index is 1240. The molecule has 5 atom stereocenters. The highest BCUT2D eigenvalue weighted by Crippen LogP contribution is 2.29. The van der Waals surface area contributed by atoms with Crippen molar-refractivity contribution in [1.82, 2.24) is 14.9 Å². The number of benzene rings is 2. The molecule has 2 aromatic carbocycles. The minimum Gasteiger partial charge on any atom is -0.497 e. The molecule has 4 rings (SSSR count). The zero-order valence-electron chi connectivity index (χ0n) is 22.9. The second-order valence-electron chi connectivity index (χ2n) is 10.6. The van der Waals surface area contributed by atoms with E-state index in [2.05, 4.69) is 10.6 Å². The van der Waals surface area contributed by atoms with Crippen LogP contribution in [-0.2, 0) is 25.9 Å². The van der Waals surface area contributed by atoms with Crippen LogP contribution in [0.1, 0.15) is 32.3 Å². The molecule has 218 valence electrons. The minimum absolute atomic E-state index is 0.0183. The lowest BCUT2D eigenvalue weighted by Gasteiger charge is -2.31. The Morgan fingerprint density at radius 1 is 1.12 bits per heavy atom. The normalized spacial score (nSPS) is 21.9. The number of methoxy groups -OCH3 is 1. The molecule has 3 N–H and O–H groups in total. The van der Waals surface area contributed by atoms with Crippen LogP contribution in [0.15, 0.2) is 59.5 Å². The molecular formula is C28H37N3O8S. The Hall–Kier alpha value is -3.35. The van der Waals surface area contributed by atoms with Crippen LogP contribution in [0.2, 0.25) is 0 Å². The predicted molar refractivity (Wildman–Crippen MR) is 146 cm³/mol. The first-order valence-electron chi connectivity index (χ1n) is 13.4. The van der Waals surface area contributed by atoms with Crippen LogP contribution in [0, 0.1) is 5.92 Å². The molecule has 40 heavy (non-hydrogen) atoms. The van der Waals surface area contributed by atoms with Gasteiger partial charge in [-0.1, -0.05) is 44.2 Å². The van der Waals surface area contributed by atoms with Crippen molar-refractivity contribution in [3.63, 3.8) is 0 Å². The average molecular weight is 576 g/mol. The molecule has 0 aromatic heterocycles. The van der Waals surface area contributed by atoms with Crippen LogP contribution in [0.25, 0.3) is 0 Å². The number of aliphatic hydroxyl groups excluding tert-OH is 1. The molecule has 1 saturated heterocycles. The van der Waals surface area contributed by atoms with E-state index >= 15 is 0 Å². The zero-order valence-corrected chi connectivity index (χ0v) is 23.7. The molecule has 2 aromatic rings. The maximum absolute atomic E-state index is 13.6. The third-order valence-electron chi connectivity index (χ3n) is 7.02. The number of nitrogens with one attached hydrogen (secondary N) is 2. The van der Waals surface area contributed by atoms with Gasteiger partial charge in [-0.2, -0.15) is 4.31 Å².